The van der Waals surface area contributed by atoms with E-state index in [0.717, 1.165) is 11.3 Å². The van der Waals surface area contributed by atoms with Gasteiger partial charge in [-0.25, -0.2) is 4.98 Å². The predicted octanol–water partition coefficient (Wildman–Crippen LogP) is 4.24. The molecule has 3 rings (SSSR count). The zero-order valence-electron chi connectivity index (χ0n) is 13.7. The number of hydrogen-bond donors (Lipinski definition) is 2. The van der Waals surface area contributed by atoms with E-state index < -0.39 is 22.5 Å². The molecule has 25 heavy (non-hydrogen) atoms. The maximum Gasteiger partial charge on any atom is 0.429 e. The Kier molecular flexibility index (Phi) is 4.00. The highest BCUT2D eigenvalue weighted by Crippen LogP contribution is 2.47. The van der Waals surface area contributed by atoms with E-state index >= 15 is 0 Å². The number of carbonyl (C=O) groups excluding carboxylic acids is 1. The third-order valence-corrected chi connectivity index (χ3v) is 5.31. The predicted molar refractivity (Wildman–Crippen MR) is 88.9 cm³/mol. The van der Waals surface area contributed by atoms with Crippen LogP contribution in [0.1, 0.15) is 39.2 Å². The van der Waals surface area contributed by atoms with Crippen LogP contribution in [-0.4, -0.2) is 27.0 Å². The van der Waals surface area contributed by atoms with Crippen LogP contribution in [0.25, 0.3) is 10.2 Å². The molecule has 2 heterocycles. The number of benzene rings is 1. The average Bonchev–Trinajstić information content (AvgIpc) is 3.06. The van der Waals surface area contributed by atoms with Crippen molar-refractivity contribution in [3.63, 3.8) is 0 Å². The number of carbonyl (C=O) groups is 1. The van der Waals surface area contributed by atoms with E-state index in [1.165, 1.54) is 20.8 Å². The molecule has 2 aromatic heterocycles. The van der Waals surface area contributed by atoms with Gasteiger partial charge in [-0.05, 0) is 38.5 Å². The minimum atomic E-state index is -5.02. The van der Waals surface area contributed by atoms with Crippen LogP contribution in [0, 0.1) is 13.8 Å². The number of aromatic amines is 1. The summed E-state index contributed by atoms with van der Waals surface area (Å²) in [5.41, 5.74) is -2.91. The largest absolute Gasteiger partial charge is 0.429 e. The molecule has 132 valence electrons. The smallest absolute Gasteiger partial charge is 0.369 e. The molecule has 0 bridgehead atoms. The molecular formula is C17H15F3N2O2S. The number of H-pyrrole nitrogens is 1. The summed E-state index contributed by atoms with van der Waals surface area (Å²) in [4.78, 5) is 18.3. The lowest BCUT2D eigenvalue weighted by Gasteiger charge is -2.28. The lowest BCUT2D eigenvalue weighted by molar-refractivity contribution is -0.249. The maximum absolute atomic E-state index is 13.9. The fourth-order valence-electron chi connectivity index (χ4n) is 3.04. The summed E-state index contributed by atoms with van der Waals surface area (Å²) in [5, 5.41) is 10.3. The average molecular weight is 368 g/mol. The normalized spacial score (nSPS) is 14.7. The van der Waals surface area contributed by atoms with E-state index in [4.69, 9.17) is 0 Å². The van der Waals surface area contributed by atoms with Crippen LogP contribution in [0.15, 0.2) is 24.3 Å². The molecule has 1 aromatic carbocycles. The molecule has 0 fully saturated rings. The minimum Gasteiger partial charge on any atom is -0.369 e. The molecular weight excluding hydrogens is 353 g/mol. The number of nitrogens with one attached hydrogen (secondary N) is 1. The Balaban J connectivity index is 2.32. The number of aryl methyl sites for hydroxylation is 1. The number of alkyl halides is 3. The van der Waals surface area contributed by atoms with E-state index in [9.17, 15) is 23.1 Å². The third kappa shape index (κ3) is 2.56. The fraction of sp³-hybridized carbons (Fsp3) is 0.294. The van der Waals surface area contributed by atoms with E-state index in [2.05, 4.69) is 9.97 Å². The second-order valence-electron chi connectivity index (χ2n) is 5.88. The van der Waals surface area contributed by atoms with Crippen LogP contribution in [0.5, 0.6) is 0 Å². The molecule has 8 heteroatoms. The molecule has 0 aliphatic carbocycles. The molecule has 0 saturated carbocycles. The zero-order chi connectivity index (χ0) is 18.6. The molecule has 4 nitrogen and oxygen atoms in total. The highest BCUT2D eigenvalue weighted by atomic mass is 32.1. The lowest BCUT2D eigenvalue weighted by Crippen LogP contribution is -2.44. The van der Waals surface area contributed by atoms with Crippen LogP contribution in [-0.2, 0) is 5.60 Å². The first-order valence-electron chi connectivity index (χ1n) is 7.43. The standard InChI is InChI=1S/C17H15F3N2O2S/c1-8-13(10(3)23)9(2)21-14(8)16(24,17(18,19)20)15-22-11-6-4-5-7-12(11)25-15/h4-7,21,24H,1-3H3/t16-/m0/s1. The van der Waals surface area contributed by atoms with Gasteiger partial charge < -0.3 is 10.1 Å². The topological polar surface area (TPSA) is 66.0 Å². The van der Waals surface area contributed by atoms with Crippen LogP contribution in [0.2, 0.25) is 0 Å². The molecule has 0 unspecified atom stereocenters. The summed E-state index contributed by atoms with van der Waals surface area (Å²) in [6, 6.07) is 6.58. The number of hydrogen-bond acceptors (Lipinski definition) is 4. The van der Waals surface area contributed by atoms with Crippen molar-refractivity contribution < 1.29 is 23.1 Å². The molecule has 0 aliphatic rings. The molecule has 2 N–H and O–H groups in total. The third-order valence-electron chi connectivity index (χ3n) is 4.17. The number of ketones is 1. The monoisotopic (exact) mass is 368 g/mol. The quantitative estimate of drug-likeness (QED) is 0.680. The van der Waals surface area contributed by atoms with Gasteiger partial charge in [-0.15, -0.1) is 11.3 Å². The number of aromatic nitrogens is 2. The van der Waals surface area contributed by atoms with Gasteiger partial charge in [0.1, 0.15) is 5.01 Å². The van der Waals surface area contributed by atoms with Crippen molar-refractivity contribution in [2.45, 2.75) is 32.5 Å². The number of rotatable bonds is 3. The second kappa shape index (κ2) is 5.67. The Morgan fingerprint density at radius 1 is 1.24 bits per heavy atom. The number of thiazole rings is 1. The van der Waals surface area contributed by atoms with E-state index in [0.29, 0.717) is 10.2 Å². The first-order chi connectivity index (χ1) is 11.6. The lowest BCUT2D eigenvalue weighted by atomic mass is 9.94. The highest BCUT2D eigenvalue weighted by molar-refractivity contribution is 7.18. The minimum absolute atomic E-state index is 0.0732. The van der Waals surface area contributed by atoms with Crippen molar-refractivity contribution in [1.82, 2.24) is 9.97 Å². The first kappa shape index (κ1) is 17.6. The van der Waals surface area contributed by atoms with Crippen LogP contribution >= 0.6 is 11.3 Å². The van der Waals surface area contributed by atoms with Gasteiger partial charge in [0.15, 0.2) is 5.78 Å². The van der Waals surface area contributed by atoms with Crippen LogP contribution in [0.3, 0.4) is 0 Å². The summed E-state index contributed by atoms with van der Waals surface area (Å²) < 4.78 is 42.3. The fourth-order valence-corrected chi connectivity index (χ4v) is 4.12. The van der Waals surface area contributed by atoms with Crippen molar-refractivity contribution in [1.29, 1.82) is 0 Å². The van der Waals surface area contributed by atoms with Crippen LogP contribution < -0.4 is 0 Å². The zero-order valence-corrected chi connectivity index (χ0v) is 14.5. The number of nitrogens with zero attached hydrogens (tertiary/aromatic N) is 1. The number of fused-ring (bicyclic) bond motifs is 1. The summed E-state index contributed by atoms with van der Waals surface area (Å²) >= 11 is 0.772. The molecule has 1 atom stereocenters. The Morgan fingerprint density at radius 3 is 2.40 bits per heavy atom. The van der Waals surface area contributed by atoms with Crippen molar-refractivity contribution in [2.24, 2.45) is 0 Å². The Morgan fingerprint density at radius 2 is 1.88 bits per heavy atom. The first-order valence-corrected chi connectivity index (χ1v) is 8.24. The van der Waals surface area contributed by atoms with Crippen LogP contribution in [0.4, 0.5) is 13.2 Å². The number of halogens is 3. The van der Waals surface area contributed by atoms with E-state index in [-0.39, 0.29) is 22.6 Å². The van der Waals surface area contributed by atoms with Gasteiger partial charge >= 0.3 is 6.18 Å². The molecule has 0 spiro atoms. The summed E-state index contributed by atoms with van der Waals surface area (Å²) in [5.74, 6) is -0.369. The van der Waals surface area contributed by atoms with Gasteiger partial charge in [-0.1, -0.05) is 12.1 Å². The van der Waals surface area contributed by atoms with Gasteiger partial charge in [0.2, 0.25) is 0 Å². The van der Waals surface area contributed by atoms with Gasteiger partial charge in [-0.3, -0.25) is 4.79 Å². The second-order valence-corrected chi connectivity index (χ2v) is 6.91. The maximum atomic E-state index is 13.9. The van der Waals surface area contributed by atoms with Gasteiger partial charge in [0.05, 0.1) is 15.9 Å². The Hall–Kier alpha value is -2.19. The summed E-state index contributed by atoms with van der Waals surface area (Å²) in [7, 11) is 0. The Bertz CT molecular complexity index is 941. The van der Waals surface area contributed by atoms with E-state index in [1.807, 2.05) is 0 Å². The Labute approximate surface area is 145 Å². The van der Waals surface area contributed by atoms with Gasteiger partial charge in [0.25, 0.3) is 5.60 Å². The summed E-state index contributed by atoms with van der Waals surface area (Å²) in [6.07, 6.45) is -5.02. The number of Topliss-reactive ketones (excluding diaryl/α,β-unsaturated/α-hetero) is 1. The molecule has 0 aliphatic heterocycles. The molecule has 0 amide bonds. The van der Waals surface area contributed by atoms with E-state index in [1.54, 1.807) is 24.3 Å². The van der Waals surface area contributed by atoms with Crippen molar-refractivity contribution in [2.75, 3.05) is 0 Å². The SMILES string of the molecule is CC(=O)c1c(C)[nH]c([C@](O)(c2nc3ccccc3s2)C(F)(F)F)c1C. The number of para-hydroxylation sites is 1. The van der Waals surface area contributed by atoms with Crippen molar-refractivity contribution in [3.8, 4) is 0 Å². The van der Waals surface area contributed by atoms with Gasteiger partial charge in [-0.2, -0.15) is 13.2 Å². The molecule has 0 radical (unpaired) electrons. The van der Waals surface area contributed by atoms with Crippen molar-refractivity contribution >= 4 is 27.3 Å². The molecule has 3 aromatic rings. The number of aliphatic hydroxyl groups is 1. The van der Waals surface area contributed by atoms with Crippen molar-refractivity contribution in [3.05, 3.63) is 51.8 Å². The summed E-state index contributed by atoms with van der Waals surface area (Å²) in [6.45, 7) is 4.17. The van der Waals surface area contributed by atoms with Gasteiger partial charge in [0, 0.05) is 11.3 Å². The highest BCUT2D eigenvalue weighted by Gasteiger charge is 2.60. The molecule has 0 saturated heterocycles.